The van der Waals surface area contributed by atoms with Crippen molar-refractivity contribution < 1.29 is 4.79 Å². The fourth-order valence-electron chi connectivity index (χ4n) is 3.99. The molecule has 2 heterocycles. The van der Waals surface area contributed by atoms with E-state index in [-0.39, 0.29) is 5.91 Å². The maximum Gasteiger partial charge on any atom is 0.260 e. The molecule has 3 aromatic rings. The minimum Gasteiger partial charge on any atom is -0.322 e. The second-order valence-corrected chi connectivity index (χ2v) is 8.24. The second kappa shape index (κ2) is 9.45. The molecule has 2 aromatic carbocycles. The fraction of sp³-hybridized carbons (Fsp3) is 0.333. The average molecular weight is 423 g/mol. The normalized spacial score (nSPS) is 14.6. The summed E-state index contributed by atoms with van der Waals surface area (Å²) in [6.45, 7) is 5.55. The largest absolute Gasteiger partial charge is 0.322 e. The Morgan fingerprint density at radius 3 is 2.50 bits per heavy atom. The molecular weight excluding hydrogens is 396 g/mol. The molecule has 4 rings (SSSR count). The highest BCUT2D eigenvalue weighted by atomic mass is 35.5. The smallest absolute Gasteiger partial charge is 0.260 e. The Morgan fingerprint density at radius 1 is 1.00 bits per heavy atom. The van der Waals surface area contributed by atoms with Gasteiger partial charge in [0.05, 0.1) is 17.8 Å². The third kappa shape index (κ3) is 4.91. The highest BCUT2D eigenvalue weighted by Gasteiger charge is 2.21. The van der Waals surface area contributed by atoms with Gasteiger partial charge in [0.15, 0.2) is 0 Å². The van der Waals surface area contributed by atoms with E-state index in [0.717, 1.165) is 30.9 Å². The number of nitrogens with one attached hydrogen (secondary N) is 1. The van der Waals surface area contributed by atoms with Crippen LogP contribution in [0.1, 0.15) is 46.4 Å². The van der Waals surface area contributed by atoms with Gasteiger partial charge in [-0.3, -0.25) is 9.69 Å². The SMILES string of the molecule is Cc1nn(Cc2ccccc2)c(Cl)c1C(=O)Nc1cccc(CN2CCCCC2)c1. The lowest BCUT2D eigenvalue weighted by molar-refractivity contribution is 0.102. The van der Waals surface area contributed by atoms with E-state index in [1.165, 1.54) is 24.8 Å². The summed E-state index contributed by atoms with van der Waals surface area (Å²) in [7, 11) is 0. The van der Waals surface area contributed by atoms with Crippen LogP contribution in [0.4, 0.5) is 5.69 Å². The van der Waals surface area contributed by atoms with Gasteiger partial charge in [-0.15, -0.1) is 0 Å². The lowest BCUT2D eigenvalue weighted by Gasteiger charge is -2.26. The quantitative estimate of drug-likeness (QED) is 0.599. The number of rotatable bonds is 6. The third-order valence-corrected chi connectivity index (χ3v) is 5.89. The Labute approximate surface area is 182 Å². The first-order valence-corrected chi connectivity index (χ1v) is 10.9. The summed E-state index contributed by atoms with van der Waals surface area (Å²) in [5.41, 5.74) is 4.12. The summed E-state index contributed by atoms with van der Waals surface area (Å²) in [5.74, 6) is -0.230. The molecular formula is C24H27ClN4O. The first kappa shape index (κ1) is 20.6. The molecule has 1 aliphatic heterocycles. The molecule has 1 amide bonds. The average Bonchev–Trinajstić information content (AvgIpc) is 3.03. The molecule has 30 heavy (non-hydrogen) atoms. The van der Waals surface area contributed by atoms with Crippen molar-refractivity contribution in [3.63, 3.8) is 0 Å². The Kier molecular flexibility index (Phi) is 6.50. The number of anilines is 1. The molecule has 0 bridgehead atoms. The van der Waals surface area contributed by atoms with Crippen LogP contribution in [-0.4, -0.2) is 33.7 Å². The van der Waals surface area contributed by atoms with Crippen LogP contribution in [-0.2, 0) is 13.1 Å². The van der Waals surface area contributed by atoms with Crippen LogP contribution in [0, 0.1) is 6.92 Å². The molecule has 0 unspecified atom stereocenters. The summed E-state index contributed by atoms with van der Waals surface area (Å²) in [6, 6.07) is 18.0. The molecule has 1 N–H and O–H groups in total. The molecule has 5 nitrogen and oxygen atoms in total. The Bertz CT molecular complexity index is 1010. The molecule has 1 aromatic heterocycles. The zero-order chi connectivity index (χ0) is 20.9. The second-order valence-electron chi connectivity index (χ2n) is 7.89. The molecule has 0 spiro atoms. The van der Waals surface area contributed by atoms with Gasteiger partial charge in [0.1, 0.15) is 5.15 Å². The van der Waals surface area contributed by atoms with Crippen molar-refractivity contribution in [2.45, 2.75) is 39.3 Å². The third-order valence-electron chi connectivity index (χ3n) is 5.51. The van der Waals surface area contributed by atoms with Gasteiger partial charge in [-0.2, -0.15) is 5.10 Å². The van der Waals surface area contributed by atoms with E-state index in [9.17, 15) is 4.79 Å². The van der Waals surface area contributed by atoms with E-state index < -0.39 is 0 Å². The number of aryl methyl sites for hydroxylation is 1. The number of halogens is 1. The number of carbonyl (C=O) groups is 1. The van der Waals surface area contributed by atoms with E-state index in [1.807, 2.05) is 55.5 Å². The van der Waals surface area contributed by atoms with Gasteiger partial charge in [0, 0.05) is 12.2 Å². The van der Waals surface area contributed by atoms with Crippen LogP contribution < -0.4 is 5.32 Å². The Morgan fingerprint density at radius 2 is 1.73 bits per heavy atom. The topological polar surface area (TPSA) is 50.2 Å². The first-order chi connectivity index (χ1) is 14.6. The molecule has 1 aliphatic rings. The van der Waals surface area contributed by atoms with Gasteiger partial charge in [-0.05, 0) is 56.1 Å². The van der Waals surface area contributed by atoms with Crippen LogP contribution in [0.3, 0.4) is 0 Å². The van der Waals surface area contributed by atoms with E-state index in [0.29, 0.717) is 23.0 Å². The molecule has 1 saturated heterocycles. The van der Waals surface area contributed by atoms with Crippen LogP contribution in [0.25, 0.3) is 0 Å². The molecule has 0 radical (unpaired) electrons. The maximum absolute atomic E-state index is 13.0. The highest BCUT2D eigenvalue weighted by molar-refractivity contribution is 6.33. The molecule has 1 fully saturated rings. The van der Waals surface area contributed by atoms with Crippen molar-refractivity contribution in [1.29, 1.82) is 0 Å². The van der Waals surface area contributed by atoms with Crippen LogP contribution >= 0.6 is 11.6 Å². The van der Waals surface area contributed by atoms with Crippen LogP contribution in [0.15, 0.2) is 54.6 Å². The number of aromatic nitrogens is 2. The monoisotopic (exact) mass is 422 g/mol. The van der Waals surface area contributed by atoms with Crippen molar-refractivity contribution in [3.05, 3.63) is 82.1 Å². The van der Waals surface area contributed by atoms with Gasteiger partial charge in [-0.25, -0.2) is 4.68 Å². The van der Waals surface area contributed by atoms with E-state index in [2.05, 4.69) is 21.4 Å². The Hall–Kier alpha value is -2.63. The fourth-order valence-corrected chi connectivity index (χ4v) is 4.31. The summed E-state index contributed by atoms with van der Waals surface area (Å²) in [5, 5.41) is 7.84. The number of hydrogen-bond acceptors (Lipinski definition) is 3. The van der Waals surface area contributed by atoms with Gasteiger partial charge in [0.25, 0.3) is 5.91 Å². The standard InChI is InChI=1S/C24H27ClN4O/c1-18-22(23(25)29(27-18)17-19-9-4-2-5-10-19)24(30)26-21-12-8-11-20(15-21)16-28-13-6-3-7-14-28/h2,4-5,8-12,15H,3,6-7,13-14,16-17H2,1H3,(H,26,30). The lowest BCUT2D eigenvalue weighted by atomic mass is 10.1. The zero-order valence-corrected chi connectivity index (χ0v) is 18.0. The molecule has 6 heteroatoms. The minimum atomic E-state index is -0.230. The van der Waals surface area contributed by atoms with E-state index in [1.54, 1.807) is 4.68 Å². The number of benzene rings is 2. The first-order valence-electron chi connectivity index (χ1n) is 10.5. The molecule has 0 aliphatic carbocycles. The van der Waals surface area contributed by atoms with Crippen LogP contribution in [0.2, 0.25) is 5.15 Å². The number of likely N-dealkylation sites (tertiary alicyclic amines) is 1. The minimum absolute atomic E-state index is 0.230. The van der Waals surface area contributed by atoms with Crippen molar-refractivity contribution in [2.75, 3.05) is 18.4 Å². The van der Waals surface area contributed by atoms with Gasteiger partial charge >= 0.3 is 0 Å². The van der Waals surface area contributed by atoms with Crippen molar-refractivity contribution >= 4 is 23.2 Å². The summed E-state index contributed by atoms with van der Waals surface area (Å²) >= 11 is 6.53. The lowest BCUT2D eigenvalue weighted by Crippen LogP contribution is -2.29. The number of hydrogen-bond donors (Lipinski definition) is 1. The Balaban J connectivity index is 1.47. The highest BCUT2D eigenvalue weighted by Crippen LogP contribution is 2.23. The predicted octanol–water partition coefficient (Wildman–Crippen LogP) is 5.13. The zero-order valence-electron chi connectivity index (χ0n) is 17.3. The van der Waals surface area contributed by atoms with Crippen molar-refractivity contribution in [3.8, 4) is 0 Å². The number of amides is 1. The number of piperidine rings is 1. The van der Waals surface area contributed by atoms with E-state index in [4.69, 9.17) is 11.6 Å². The van der Waals surface area contributed by atoms with Gasteiger partial charge in [0.2, 0.25) is 0 Å². The molecule has 156 valence electrons. The number of nitrogens with zero attached hydrogens (tertiary/aromatic N) is 3. The van der Waals surface area contributed by atoms with Gasteiger partial charge < -0.3 is 5.32 Å². The summed E-state index contributed by atoms with van der Waals surface area (Å²) in [6.07, 6.45) is 3.85. The van der Waals surface area contributed by atoms with Crippen molar-refractivity contribution in [1.82, 2.24) is 14.7 Å². The predicted molar refractivity (Wildman–Crippen MR) is 121 cm³/mol. The molecule has 0 saturated carbocycles. The summed E-state index contributed by atoms with van der Waals surface area (Å²) < 4.78 is 1.67. The molecule has 0 atom stereocenters. The number of carbonyl (C=O) groups excluding carboxylic acids is 1. The maximum atomic E-state index is 13.0. The van der Waals surface area contributed by atoms with Crippen LogP contribution in [0.5, 0.6) is 0 Å². The summed E-state index contributed by atoms with van der Waals surface area (Å²) in [4.78, 5) is 15.4. The van der Waals surface area contributed by atoms with E-state index >= 15 is 0 Å². The van der Waals surface area contributed by atoms with Crippen molar-refractivity contribution in [2.24, 2.45) is 0 Å². The van der Waals surface area contributed by atoms with Gasteiger partial charge in [-0.1, -0.05) is 60.5 Å².